The number of carbonyl (C=O) groups is 1. The van der Waals surface area contributed by atoms with E-state index in [1.165, 1.54) is 11.3 Å². The molecule has 186 valence electrons. The zero-order valence-electron chi connectivity index (χ0n) is 20.3. The van der Waals surface area contributed by atoms with Crippen molar-refractivity contribution in [1.29, 1.82) is 0 Å². The Bertz CT molecular complexity index is 1670. The van der Waals surface area contributed by atoms with Crippen LogP contribution in [0.15, 0.2) is 99.9 Å². The van der Waals surface area contributed by atoms with Gasteiger partial charge in [-0.1, -0.05) is 71.5 Å². The number of hydrogen-bond acceptors (Lipinski definition) is 5. The zero-order chi connectivity index (χ0) is 25.9. The van der Waals surface area contributed by atoms with E-state index in [2.05, 4.69) is 10.3 Å². The van der Waals surface area contributed by atoms with Crippen molar-refractivity contribution in [3.05, 3.63) is 126 Å². The van der Waals surface area contributed by atoms with E-state index in [0.717, 1.165) is 11.1 Å². The summed E-state index contributed by atoms with van der Waals surface area (Å²) >= 11 is 7.45. The van der Waals surface area contributed by atoms with Crippen LogP contribution in [0.3, 0.4) is 0 Å². The lowest BCUT2D eigenvalue weighted by molar-refractivity contribution is -0.113. The average molecular weight is 530 g/mol. The number of nitrogens with one attached hydrogen (secondary N) is 1. The number of nitrogens with zero attached hydrogens (tertiary/aromatic N) is 2. The number of benzene rings is 3. The van der Waals surface area contributed by atoms with Gasteiger partial charge < -0.3 is 10.1 Å². The standard InChI is InChI=1S/C29H24ClN3O3S/c1-3-36-23-12-8-7-9-20(23)17-24-28(35)33-26(19-13-15-21(30)16-14-19)25(18(2)31-29(33)37-24)27(34)32-22-10-5-4-6-11-22/h4-17,26H,3H2,1-2H3,(H,32,34)/b24-17-/t26-/m0/s1. The third-order valence-electron chi connectivity index (χ3n) is 5.99. The molecule has 6 nitrogen and oxygen atoms in total. The minimum absolute atomic E-state index is 0.229. The Labute approximate surface area is 222 Å². The second-order valence-electron chi connectivity index (χ2n) is 8.42. The highest BCUT2D eigenvalue weighted by Crippen LogP contribution is 2.31. The van der Waals surface area contributed by atoms with Gasteiger partial charge in [-0.05, 0) is 55.8 Å². The molecule has 8 heteroatoms. The van der Waals surface area contributed by atoms with Crippen LogP contribution in [0.1, 0.15) is 31.0 Å². The van der Waals surface area contributed by atoms with Crippen LogP contribution in [0, 0.1) is 0 Å². The van der Waals surface area contributed by atoms with Gasteiger partial charge in [0.1, 0.15) is 5.75 Å². The van der Waals surface area contributed by atoms with Gasteiger partial charge in [-0.3, -0.25) is 14.2 Å². The van der Waals surface area contributed by atoms with Crippen LogP contribution < -0.4 is 24.9 Å². The normalized spacial score (nSPS) is 15.2. The molecule has 0 bridgehead atoms. The topological polar surface area (TPSA) is 72.7 Å². The Morgan fingerprint density at radius 3 is 2.51 bits per heavy atom. The molecule has 1 amide bonds. The number of thiazole rings is 1. The minimum Gasteiger partial charge on any atom is -0.493 e. The van der Waals surface area contributed by atoms with Crippen LogP contribution in [0.5, 0.6) is 5.75 Å². The van der Waals surface area contributed by atoms with Crippen LogP contribution in [-0.2, 0) is 4.79 Å². The van der Waals surface area contributed by atoms with Crippen LogP contribution in [0.25, 0.3) is 6.08 Å². The number of halogens is 1. The first-order valence-electron chi connectivity index (χ1n) is 11.8. The lowest BCUT2D eigenvalue weighted by Crippen LogP contribution is -2.40. The SMILES string of the molecule is CCOc1ccccc1/C=c1\sc2n(c1=O)[C@@H](c1ccc(Cl)cc1)C(C(=O)Nc1ccccc1)=C(C)N=2. The first-order chi connectivity index (χ1) is 18.0. The smallest absolute Gasteiger partial charge is 0.271 e. The van der Waals surface area contributed by atoms with E-state index in [1.807, 2.05) is 79.7 Å². The molecule has 1 aliphatic heterocycles. The molecule has 0 fully saturated rings. The fraction of sp³-hybridized carbons (Fsp3) is 0.138. The number of fused-ring (bicyclic) bond motifs is 1. The van der Waals surface area contributed by atoms with Crippen molar-refractivity contribution < 1.29 is 9.53 Å². The summed E-state index contributed by atoms with van der Waals surface area (Å²) in [5.74, 6) is 0.382. The summed E-state index contributed by atoms with van der Waals surface area (Å²) in [6.45, 7) is 4.23. The second-order valence-corrected chi connectivity index (χ2v) is 9.87. The van der Waals surface area contributed by atoms with E-state index in [-0.39, 0.29) is 11.5 Å². The summed E-state index contributed by atoms with van der Waals surface area (Å²) in [5.41, 5.74) is 2.95. The zero-order valence-corrected chi connectivity index (χ0v) is 21.8. The van der Waals surface area contributed by atoms with Crippen LogP contribution in [-0.4, -0.2) is 17.1 Å². The summed E-state index contributed by atoms with van der Waals surface area (Å²) in [7, 11) is 0. The molecule has 37 heavy (non-hydrogen) atoms. The molecule has 0 radical (unpaired) electrons. The Kier molecular flexibility index (Phi) is 7.08. The molecule has 3 aromatic carbocycles. The molecule has 1 N–H and O–H groups in total. The molecule has 0 aliphatic carbocycles. The first kappa shape index (κ1) is 24.7. The predicted molar refractivity (Wildman–Crippen MR) is 148 cm³/mol. The predicted octanol–water partition coefficient (Wildman–Crippen LogP) is 4.93. The summed E-state index contributed by atoms with van der Waals surface area (Å²) in [6.07, 6.45) is 1.82. The lowest BCUT2D eigenvalue weighted by atomic mass is 9.95. The Morgan fingerprint density at radius 2 is 1.78 bits per heavy atom. The van der Waals surface area contributed by atoms with Crippen molar-refractivity contribution in [2.45, 2.75) is 19.9 Å². The number of carbonyl (C=O) groups excluding carboxylic acids is 1. The molecule has 1 atom stereocenters. The van der Waals surface area contributed by atoms with E-state index in [0.29, 0.717) is 43.7 Å². The van der Waals surface area contributed by atoms with Gasteiger partial charge in [-0.15, -0.1) is 0 Å². The molecule has 0 saturated heterocycles. The van der Waals surface area contributed by atoms with Gasteiger partial charge in [0.2, 0.25) is 0 Å². The fourth-order valence-corrected chi connectivity index (χ4v) is 5.48. The van der Waals surface area contributed by atoms with Gasteiger partial charge in [-0.25, -0.2) is 4.99 Å². The molecule has 2 heterocycles. The molecule has 0 unspecified atom stereocenters. The Hall–Kier alpha value is -3.94. The van der Waals surface area contributed by atoms with Gasteiger partial charge in [0.05, 0.1) is 28.5 Å². The third kappa shape index (κ3) is 5.01. The highest BCUT2D eigenvalue weighted by molar-refractivity contribution is 7.07. The number of aromatic nitrogens is 1. The number of rotatable bonds is 6. The van der Waals surface area contributed by atoms with Gasteiger partial charge in [-0.2, -0.15) is 0 Å². The minimum atomic E-state index is -0.665. The van der Waals surface area contributed by atoms with Crippen molar-refractivity contribution >= 4 is 40.6 Å². The van der Waals surface area contributed by atoms with Crippen molar-refractivity contribution in [1.82, 2.24) is 4.57 Å². The number of amides is 1. The van der Waals surface area contributed by atoms with Crippen molar-refractivity contribution in [3.63, 3.8) is 0 Å². The van der Waals surface area contributed by atoms with E-state index < -0.39 is 6.04 Å². The quantitative estimate of drug-likeness (QED) is 0.385. The van der Waals surface area contributed by atoms with E-state index in [1.54, 1.807) is 23.6 Å². The number of anilines is 1. The van der Waals surface area contributed by atoms with E-state index in [4.69, 9.17) is 16.3 Å². The molecular formula is C29H24ClN3O3S. The molecule has 1 aliphatic rings. The first-order valence-corrected chi connectivity index (χ1v) is 13.0. The van der Waals surface area contributed by atoms with Gasteiger partial charge >= 0.3 is 0 Å². The van der Waals surface area contributed by atoms with Crippen LogP contribution in [0.4, 0.5) is 5.69 Å². The Morgan fingerprint density at radius 1 is 1.08 bits per heavy atom. The van der Waals surface area contributed by atoms with E-state index >= 15 is 0 Å². The summed E-state index contributed by atoms with van der Waals surface area (Å²) in [6, 6.07) is 23.3. The molecule has 0 spiro atoms. The van der Waals surface area contributed by atoms with Crippen molar-refractivity contribution in [3.8, 4) is 5.75 Å². The van der Waals surface area contributed by atoms with E-state index in [9.17, 15) is 9.59 Å². The van der Waals surface area contributed by atoms with Crippen LogP contribution in [0.2, 0.25) is 5.02 Å². The van der Waals surface area contributed by atoms with Gasteiger partial charge in [0.15, 0.2) is 4.80 Å². The maximum atomic E-state index is 13.8. The molecular weight excluding hydrogens is 506 g/mol. The molecule has 0 saturated carbocycles. The Balaban J connectivity index is 1.67. The molecule has 5 rings (SSSR count). The fourth-order valence-electron chi connectivity index (χ4n) is 4.32. The van der Waals surface area contributed by atoms with Crippen molar-refractivity contribution in [2.24, 2.45) is 4.99 Å². The largest absolute Gasteiger partial charge is 0.493 e. The summed E-state index contributed by atoms with van der Waals surface area (Å²) in [4.78, 5) is 32.6. The maximum Gasteiger partial charge on any atom is 0.271 e. The number of ether oxygens (including phenoxy) is 1. The molecule has 4 aromatic rings. The number of para-hydroxylation sites is 2. The van der Waals surface area contributed by atoms with Gasteiger partial charge in [0.25, 0.3) is 11.5 Å². The maximum absolute atomic E-state index is 13.8. The second kappa shape index (κ2) is 10.6. The van der Waals surface area contributed by atoms with Crippen molar-refractivity contribution in [2.75, 3.05) is 11.9 Å². The highest BCUT2D eigenvalue weighted by Gasteiger charge is 2.32. The third-order valence-corrected chi connectivity index (χ3v) is 7.22. The summed E-state index contributed by atoms with van der Waals surface area (Å²) in [5, 5.41) is 3.52. The lowest BCUT2D eigenvalue weighted by Gasteiger charge is -2.25. The monoisotopic (exact) mass is 529 g/mol. The van der Waals surface area contributed by atoms with Gasteiger partial charge in [0, 0.05) is 16.3 Å². The highest BCUT2D eigenvalue weighted by atomic mass is 35.5. The number of allylic oxidation sites excluding steroid dienone is 1. The number of hydrogen-bond donors (Lipinski definition) is 1. The average Bonchev–Trinajstić information content (AvgIpc) is 3.20. The molecule has 1 aromatic heterocycles. The summed E-state index contributed by atoms with van der Waals surface area (Å²) < 4.78 is 7.84. The van der Waals surface area contributed by atoms with Crippen LogP contribution >= 0.6 is 22.9 Å².